The summed E-state index contributed by atoms with van der Waals surface area (Å²) in [4.78, 5) is 4.07. The molecular weight excluding hydrogens is 366 g/mol. The first kappa shape index (κ1) is 21.5. The normalized spacial score (nSPS) is 13.4. The minimum Gasteiger partial charge on any atom is -0.410 e. The molecule has 2 heterocycles. The summed E-state index contributed by atoms with van der Waals surface area (Å²) in [5, 5.41) is 4.54. The van der Waals surface area contributed by atoms with Gasteiger partial charge in [-0.15, -0.1) is 0 Å². The standard InChI is InChI=1S/C19H30F2N4OSi/c1-18(2,3)27(6,7)26-19(4,5)12-25-9-8-15(24-25)16-14(17(20)21)10-13(22)11-23-16/h8-11,17H,12,22H2,1-7H3. The molecular formula is C19H30F2N4OSi. The van der Waals surface area contributed by atoms with Crippen molar-refractivity contribution in [1.29, 1.82) is 0 Å². The van der Waals surface area contributed by atoms with E-state index in [1.165, 1.54) is 12.3 Å². The summed E-state index contributed by atoms with van der Waals surface area (Å²) < 4.78 is 34.9. The maximum absolute atomic E-state index is 13.3. The highest BCUT2D eigenvalue weighted by Crippen LogP contribution is 2.39. The lowest BCUT2D eigenvalue weighted by Gasteiger charge is -2.42. The highest BCUT2D eigenvalue weighted by molar-refractivity contribution is 6.74. The average Bonchev–Trinajstić information content (AvgIpc) is 2.92. The van der Waals surface area contributed by atoms with Gasteiger partial charge in [0, 0.05) is 11.8 Å². The maximum Gasteiger partial charge on any atom is 0.266 e. The second kappa shape index (κ2) is 7.31. The van der Waals surface area contributed by atoms with E-state index in [0.717, 1.165) is 0 Å². The number of rotatable bonds is 6. The first-order valence-electron chi connectivity index (χ1n) is 8.99. The van der Waals surface area contributed by atoms with Crippen LogP contribution in [0.1, 0.15) is 46.6 Å². The Balaban J connectivity index is 2.24. The van der Waals surface area contributed by atoms with Crippen LogP contribution in [0.4, 0.5) is 14.5 Å². The molecule has 2 N–H and O–H groups in total. The van der Waals surface area contributed by atoms with E-state index in [1.54, 1.807) is 16.9 Å². The zero-order valence-corrected chi connectivity index (χ0v) is 18.2. The van der Waals surface area contributed by atoms with Crippen LogP contribution in [-0.4, -0.2) is 28.7 Å². The van der Waals surface area contributed by atoms with E-state index in [0.29, 0.717) is 12.2 Å². The fraction of sp³-hybridized carbons (Fsp3) is 0.579. The topological polar surface area (TPSA) is 66.0 Å². The smallest absolute Gasteiger partial charge is 0.266 e. The van der Waals surface area contributed by atoms with Gasteiger partial charge in [0.2, 0.25) is 0 Å². The van der Waals surface area contributed by atoms with E-state index in [9.17, 15) is 8.78 Å². The number of pyridine rings is 1. The number of nitrogens with zero attached hydrogens (tertiary/aromatic N) is 3. The molecule has 0 radical (unpaired) electrons. The molecule has 0 aliphatic rings. The van der Waals surface area contributed by atoms with Crippen molar-refractivity contribution in [2.75, 3.05) is 5.73 Å². The van der Waals surface area contributed by atoms with E-state index in [-0.39, 0.29) is 22.0 Å². The second-order valence-corrected chi connectivity index (χ2v) is 13.8. The molecule has 0 aliphatic carbocycles. The lowest BCUT2D eigenvalue weighted by Crippen LogP contribution is -2.49. The third-order valence-corrected chi connectivity index (χ3v) is 9.61. The van der Waals surface area contributed by atoms with E-state index < -0.39 is 20.3 Å². The van der Waals surface area contributed by atoms with E-state index >= 15 is 0 Å². The minimum atomic E-state index is -2.67. The molecule has 2 aromatic rings. The van der Waals surface area contributed by atoms with Crippen LogP contribution in [-0.2, 0) is 11.0 Å². The van der Waals surface area contributed by atoms with Crippen LogP contribution in [0.15, 0.2) is 24.5 Å². The van der Waals surface area contributed by atoms with Gasteiger partial charge in [0.15, 0.2) is 8.32 Å². The van der Waals surface area contributed by atoms with Gasteiger partial charge in [0.05, 0.1) is 29.7 Å². The lowest BCUT2D eigenvalue weighted by atomic mass is 10.1. The van der Waals surface area contributed by atoms with Gasteiger partial charge in [-0.1, -0.05) is 20.8 Å². The average molecular weight is 397 g/mol. The quantitative estimate of drug-likeness (QED) is 0.676. The number of hydrogen-bond donors (Lipinski definition) is 1. The molecule has 27 heavy (non-hydrogen) atoms. The second-order valence-electron chi connectivity index (χ2n) is 9.03. The lowest BCUT2D eigenvalue weighted by molar-refractivity contribution is 0.0692. The fourth-order valence-corrected chi connectivity index (χ4v) is 4.47. The molecule has 2 aromatic heterocycles. The largest absolute Gasteiger partial charge is 0.410 e. The number of nitrogen functional groups attached to an aromatic ring is 1. The summed E-state index contributed by atoms with van der Waals surface area (Å²) in [5.41, 5.74) is 5.70. The van der Waals surface area contributed by atoms with Gasteiger partial charge >= 0.3 is 0 Å². The summed E-state index contributed by atoms with van der Waals surface area (Å²) in [7, 11) is -1.95. The summed E-state index contributed by atoms with van der Waals surface area (Å²) in [5.74, 6) is 0. The SMILES string of the molecule is CC(C)(Cn1ccc(-c2ncc(N)cc2C(F)F)n1)O[Si](C)(C)C(C)(C)C. The number of halogens is 2. The van der Waals surface area contributed by atoms with Crippen molar-refractivity contribution in [2.24, 2.45) is 0 Å². The van der Waals surface area contributed by atoms with E-state index in [4.69, 9.17) is 10.2 Å². The third kappa shape index (κ3) is 5.13. The van der Waals surface area contributed by atoms with Crippen molar-refractivity contribution in [3.8, 4) is 11.4 Å². The summed E-state index contributed by atoms with van der Waals surface area (Å²) in [6, 6.07) is 2.93. The Labute approximate surface area is 161 Å². The molecule has 150 valence electrons. The Morgan fingerprint density at radius 3 is 2.41 bits per heavy atom. The molecule has 0 aliphatic heterocycles. The Morgan fingerprint density at radius 1 is 1.22 bits per heavy atom. The molecule has 0 spiro atoms. The zero-order chi connectivity index (χ0) is 20.6. The Hall–Kier alpha value is -1.80. The van der Waals surface area contributed by atoms with Gasteiger partial charge in [-0.3, -0.25) is 9.67 Å². The molecule has 0 atom stereocenters. The summed E-state index contributed by atoms with van der Waals surface area (Å²) >= 11 is 0. The Kier molecular flexibility index (Phi) is 5.82. The van der Waals surface area contributed by atoms with Crippen molar-refractivity contribution < 1.29 is 13.2 Å². The predicted octanol–water partition coefficient (Wildman–Crippen LogP) is 5.27. The highest BCUT2D eigenvalue weighted by atomic mass is 28.4. The van der Waals surface area contributed by atoms with Crippen molar-refractivity contribution in [1.82, 2.24) is 14.8 Å². The van der Waals surface area contributed by atoms with Gasteiger partial charge in [-0.2, -0.15) is 5.10 Å². The fourth-order valence-electron chi connectivity index (χ4n) is 2.72. The third-order valence-electron chi connectivity index (χ3n) is 4.94. The molecule has 0 saturated heterocycles. The molecule has 0 aromatic carbocycles. The van der Waals surface area contributed by atoms with Crippen LogP contribution in [0.5, 0.6) is 0 Å². The monoisotopic (exact) mass is 396 g/mol. The molecule has 8 heteroatoms. The molecule has 0 amide bonds. The maximum atomic E-state index is 13.3. The summed E-state index contributed by atoms with van der Waals surface area (Å²) in [6.45, 7) is 15.6. The number of anilines is 1. The minimum absolute atomic E-state index is 0.0968. The molecule has 0 bridgehead atoms. The Bertz CT molecular complexity index is 797. The van der Waals surface area contributed by atoms with Gasteiger partial charge in [-0.05, 0) is 44.1 Å². The zero-order valence-electron chi connectivity index (χ0n) is 17.2. The van der Waals surface area contributed by atoms with Crippen LogP contribution >= 0.6 is 0 Å². The van der Waals surface area contributed by atoms with Crippen LogP contribution in [0, 0.1) is 0 Å². The van der Waals surface area contributed by atoms with Crippen LogP contribution in [0.25, 0.3) is 11.4 Å². The Morgan fingerprint density at radius 2 is 1.85 bits per heavy atom. The predicted molar refractivity (Wildman–Crippen MR) is 107 cm³/mol. The summed E-state index contributed by atoms with van der Waals surface area (Å²) in [6.07, 6.45) is 0.462. The van der Waals surface area contributed by atoms with Crippen molar-refractivity contribution in [2.45, 2.75) is 71.3 Å². The van der Waals surface area contributed by atoms with Gasteiger partial charge < -0.3 is 10.2 Å². The van der Waals surface area contributed by atoms with Gasteiger partial charge in [0.1, 0.15) is 5.69 Å². The van der Waals surface area contributed by atoms with Crippen LogP contribution in [0.3, 0.4) is 0 Å². The van der Waals surface area contributed by atoms with Crippen molar-refractivity contribution in [3.05, 3.63) is 30.1 Å². The molecule has 5 nitrogen and oxygen atoms in total. The number of alkyl halides is 2. The number of nitrogens with two attached hydrogens (primary N) is 1. The van der Waals surface area contributed by atoms with Gasteiger partial charge in [0.25, 0.3) is 6.43 Å². The number of aromatic nitrogens is 3. The molecule has 0 fully saturated rings. The van der Waals surface area contributed by atoms with Crippen LogP contribution in [0.2, 0.25) is 18.1 Å². The molecule has 2 rings (SSSR count). The molecule has 0 saturated carbocycles. The van der Waals surface area contributed by atoms with E-state index in [1.807, 2.05) is 13.8 Å². The first-order valence-corrected chi connectivity index (χ1v) is 11.9. The van der Waals surface area contributed by atoms with Crippen molar-refractivity contribution >= 4 is 14.0 Å². The first-order chi connectivity index (χ1) is 12.2. The van der Waals surface area contributed by atoms with Gasteiger partial charge in [-0.25, -0.2) is 8.78 Å². The number of hydrogen-bond acceptors (Lipinski definition) is 4. The van der Waals surface area contributed by atoms with E-state index in [2.05, 4.69) is 43.9 Å². The van der Waals surface area contributed by atoms with Crippen molar-refractivity contribution in [3.63, 3.8) is 0 Å². The highest BCUT2D eigenvalue weighted by Gasteiger charge is 2.41. The molecule has 0 unspecified atom stereocenters. The van der Waals surface area contributed by atoms with Crippen LogP contribution < -0.4 is 5.73 Å².